The van der Waals surface area contributed by atoms with Crippen LogP contribution in [0.2, 0.25) is 0 Å². The van der Waals surface area contributed by atoms with Gasteiger partial charge in [0.15, 0.2) is 6.23 Å². The molecule has 1 saturated heterocycles. The van der Waals surface area contributed by atoms with E-state index < -0.39 is 6.23 Å². The van der Waals surface area contributed by atoms with Crippen molar-refractivity contribution in [2.75, 3.05) is 19.6 Å². The molecule has 3 N–H and O–H groups in total. The molecule has 0 bridgehead atoms. The highest BCUT2D eigenvalue weighted by molar-refractivity contribution is 5.77. The lowest BCUT2D eigenvalue weighted by molar-refractivity contribution is 0.000692. The summed E-state index contributed by atoms with van der Waals surface area (Å²) in [6.45, 7) is 11.2. The van der Waals surface area contributed by atoms with Crippen molar-refractivity contribution in [3.63, 3.8) is 0 Å². The number of hydroxylamine groups is 1. The molecule has 4 rings (SSSR count). The number of pyridine rings is 1. The molecule has 172 valence electrons. The Morgan fingerprint density at radius 2 is 1.84 bits per heavy atom. The van der Waals surface area contributed by atoms with Crippen molar-refractivity contribution in [1.29, 1.82) is 0 Å². The third kappa shape index (κ3) is 5.56. The maximum atomic E-state index is 9.65. The topological polar surface area (TPSA) is 73.6 Å². The van der Waals surface area contributed by atoms with E-state index in [1.165, 1.54) is 49.8 Å². The van der Waals surface area contributed by atoms with Crippen molar-refractivity contribution in [3.8, 4) is 0 Å². The molecule has 0 saturated carbocycles. The zero-order valence-corrected chi connectivity index (χ0v) is 19.5. The lowest BCUT2D eigenvalue weighted by atomic mass is 9.88. The van der Waals surface area contributed by atoms with E-state index in [-0.39, 0.29) is 0 Å². The van der Waals surface area contributed by atoms with Crippen LogP contribution >= 0.6 is 0 Å². The van der Waals surface area contributed by atoms with Gasteiger partial charge in [-0.3, -0.25) is 0 Å². The minimum atomic E-state index is -1.07. The first kappa shape index (κ1) is 22.9. The monoisotopic (exact) mass is 436 g/mol. The zero-order valence-electron chi connectivity index (χ0n) is 19.5. The summed E-state index contributed by atoms with van der Waals surface area (Å²) >= 11 is 0. The van der Waals surface area contributed by atoms with Crippen molar-refractivity contribution in [2.45, 2.75) is 58.7 Å². The molecule has 0 radical (unpaired) electrons. The Balaban J connectivity index is 1.39. The lowest BCUT2D eigenvalue weighted by Crippen LogP contribution is -2.35. The van der Waals surface area contributed by atoms with Crippen LogP contribution in [-0.4, -0.2) is 44.4 Å². The second kappa shape index (κ2) is 9.71. The summed E-state index contributed by atoms with van der Waals surface area (Å²) in [5, 5.41) is 19.7. The normalized spacial score (nSPS) is 17.2. The van der Waals surface area contributed by atoms with E-state index in [1.54, 1.807) is 0 Å². The van der Waals surface area contributed by atoms with E-state index in [0.717, 1.165) is 11.2 Å². The number of fused-ring (bicyclic) bond motifs is 1. The summed E-state index contributed by atoms with van der Waals surface area (Å²) < 4.78 is 2.16. The highest BCUT2D eigenvalue weighted by Crippen LogP contribution is 2.30. The molecule has 3 heterocycles. The van der Waals surface area contributed by atoms with Gasteiger partial charge < -0.3 is 19.8 Å². The third-order valence-corrected chi connectivity index (χ3v) is 6.63. The number of rotatable bonds is 7. The molecule has 1 aliphatic rings. The van der Waals surface area contributed by atoms with Gasteiger partial charge in [-0.2, -0.15) is 5.48 Å². The van der Waals surface area contributed by atoms with Crippen LogP contribution in [0, 0.1) is 5.41 Å². The van der Waals surface area contributed by atoms with Gasteiger partial charge in [0.2, 0.25) is 0 Å². The SMILES string of the molecule is CC(C)(C)CCN1CCC(c2cnc3c(ccn3Cc3ccc(C(O)NO)cc3)c2)CC1. The molecule has 32 heavy (non-hydrogen) atoms. The fourth-order valence-corrected chi connectivity index (χ4v) is 4.51. The summed E-state index contributed by atoms with van der Waals surface area (Å²) in [6, 6.07) is 12.0. The van der Waals surface area contributed by atoms with Gasteiger partial charge in [-0.15, -0.1) is 0 Å². The van der Waals surface area contributed by atoms with Crippen molar-refractivity contribution in [1.82, 2.24) is 19.9 Å². The first-order chi connectivity index (χ1) is 15.3. The molecule has 1 aliphatic heterocycles. The maximum Gasteiger partial charge on any atom is 0.152 e. The van der Waals surface area contributed by atoms with Gasteiger partial charge in [0.25, 0.3) is 0 Å². The number of likely N-dealkylation sites (tertiary alicyclic amines) is 1. The van der Waals surface area contributed by atoms with Crippen LogP contribution in [0.25, 0.3) is 11.0 Å². The lowest BCUT2D eigenvalue weighted by Gasteiger charge is -2.33. The van der Waals surface area contributed by atoms with Gasteiger partial charge in [0, 0.05) is 24.3 Å². The quantitative estimate of drug-likeness (QED) is 0.371. The first-order valence-corrected chi connectivity index (χ1v) is 11.7. The Bertz CT molecular complexity index is 1010. The number of piperidine rings is 1. The Labute approximate surface area is 190 Å². The average Bonchev–Trinajstić information content (AvgIpc) is 3.19. The molecular formula is C26H36N4O2. The van der Waals surface area contributed by atoms with Crippen molar-refractivity contribution in [2.24, 2.45) is 5.41 Å². The molecule has 0 spiro atoms. The van der Waals surface area contributed by atoms with E-state index in [4.69, 9.17) is 10.2 Å². The van der Waals surface area contributed by atoms with Crippen LogP contribution in [0.3, 0.4) is 0 Å². The van der Waals surface area contributed by atoms with Crippen LogP contribution in [0.1, 0.15) is 68.9 Å². The second-order valence-electron chi connectivity index (χ2n) is 10.3. The molecule has 0 aliphatic carbocycles. The molecule has 1 unspecified atom stereocenters. The largest absolute Gasteiger partial charge is 0.372 e. The highest BCUT2D eigenvalue weighted by atomic mass is 16.5. The molecule has 2 aromatic heterocycles. The van der Waals surface area contributed by atoms with Crippen LogP contribution in [0.15, 0.2) is 48.8 Å². The predicted octanol–water partition coefficient (Wildman–Crippen LogP) is 4.67. The number of aliphatic hydroxyl groups excluding tert-OH is 1. The third-order valence-electron chi connectivity index (χ3n) is 6.63. The summed E-state index contributed by atoms with van der Waals surface area (Å²) in [5.74, 6) is 0.597. The summed E-state index contributed by atoms with van der Waals surface area (Å²) in [7, 11) is 0. The van der Waals surface area contributed by atoms with Crippen molar-refractivity contribution < 1.29 is 10.3 Å². The molecule has 0 amide bonds. The fraction of sp³-hybridized carbons (Fsp3) is 0.500. The van der Waals surface area contributed by atoms with Gasteiger partial charge in [-0.1, -0.05) is 45.0 Å². The summed E-state index contributed by atoms with van der Waals surface area (Å²) in [6.07, 6.45) is 6.76. The first-order valence-electron chi connectivity index (χ1n) is 11.7. The second-order valence-corrected chi connectivity index (χ2v) is 10.3. The Morgan fingerprint density at radius 3 is 2.50 bits per heavy atom. The molecule has 3 aromatic rings. The zero-order chi connectivity index (χ0) is 22.7. The van der Waals surface area contributed by atoms with Crippen LogP contribution in [0.5, 0.6) is 0 Å². The van der Waals surface area contributed by atoms with Gasteiger partial charge in [-0.05, 0) is 79.1 Å². The van der Waals surface area contributed by atoms with Crippen LogP contribution in [0.4, 0.5) is 0 Å². The molecule has 1 aromatic carbocycles. The van der Waals surface area contributed by atoms with E-state index in [0.29, 0.717) is 23.4 Å². The summed E-state index contributed by atoms with van der Waals surface area (Å²) in [5.41, 5.74) is 6.36. The Hall–Kier alpha value is -2.25. The number of aromatic nitrogens is 2. The van der Waals surface area contributed by atoms with Crippen molar-refractivity contribution in [3.05, 3.63) is 65.5 Å². The number of benzene rings is 1. The minimum Gasteiger partial charge on any atom is -0.372 e. The highest BCUT2D eigenvalue weighted by Gasteiger charge is 2.22. The Morgan fingerprint density at radius 1 is 1.12 bits per heavy atom. The van der Waals surface area contributed by atoms with E-state index >= 15 is 0 Å². The number of aliphatic hydroxyl groups is 1. The molecule has 1 fully saturated rings. The standard InChI is InChI=1S/C26H36N4O2/c1-26(2,3)11-15-29-12-8-20(9-13-29)23-16-22-10-14-30(24(22)27-17-23)18-19-4-6-21(7-5-19)25(31)28-32/h4-7,10,14,16-17,20,25,28,31-32H,8-9,11-13,15,18H2,1-3H3. The van der Waals surface area contributed by atoms with E-state index in [2.05, 4.69) is 54.8 Å². The molecule has 1 atom stereocenters. The molecule has 6 nitrogen and oxygen atoms in total. The van der Waals surface area contributed by atoms with Gasteiger partial charge in [0.1, 0.15) is 5.65 Å². The smallest absolute Gasteiger partial charge is 0.152 e. The minimum absolute atomic E-state index is 0.402. The van der Waals surface area contributed by atoms with Gasteiger partial charge >= 0.3 is 0 Å². The van der Waals surface area contributed by atoms with E-state index in [1.807, 2.05) is 29.7 Å². The Kier molecular flexibility index (Phi) is 6.96. The average molecular weight is 437 g/mol. The summed E-state index contributed by atoms with van der Waals surface area (Å²) in [4.78, 5) is 7.44. The molecule has 6 heteroatoms. The predicted molar refractivity (Wildman–Crippen MR) is 128 cm³/mol. The maximum absolute atomic E-state index is 9.65. The van der Waals surface area contributed by atoms with Crippen molar-refractivity contribution >= 4 is 11.0 Å². The van der Waals surface area contributed by atoms with Gasteiger partial charge in [0.05, 0.1) is 0 Å². The van der Waals surface area contributed by atoms with Gasteiger partial charge in [-0.25, -0.2) is 4.98 Å². The molecular weight excluding hydrogens is 400 g/mol. The number of nitrogens with one attached hydrogen (secondary N) is 1. The fourth-order valence-electron chi connectivity index (χ4n) is 4.51. The van der Waals surface area contributed by atoms with Crippen LogP contribution < -0.4 is 5.48 Å². The van der Waals surface area contributed by atoms with E-state index in [9.17, 15) is 5.11 Å². The van der Waals surface area contributed by atoms with Crippen LogP contribution in [-0.2, 0) is 6.54 Å². The number of hydrogen-bond acceptors (Lipinski definition) is 5. The number of nitrogens with zero attached hydrogens (tertiary/aromatic N) is 3. The number of hydrogen-bond donors (Lipinski definition) is 3.